The summed E-state index contributed by atoms with van der Waals surface area (Å²) in [5.74, 6) is 0.972. The number of nitrogens with one attached hydrogen (secondary N) is 2. The van der Waals surface area contributed by atoms with Crippen molar-refractivity contribution in [3.63, 3.8) is 0 Å². The summed E-state index contributed by atoms with van der Waals surface area (Å²) in [6, 6.07) is 7.54. The van der Waals surface area contributed by atoms with Crippen LogP contribution in [-0.4, -0.2) is 20.9 Å². The standard InChI is InChI=1S/C13H11N3O2S/c1-2-19-8-4-3-7-5-9-11(14-10(7)6-8)13(18)16-15-12(9)17/h3-6H,2H2,1H3,(H,15,17)(H,16,18). The molecule has 6 heteroatoms. The molecule has 0 aliphatic carbocycles. The number of thioether (sulfide) groups is 1. The molecular weight excluding hydrogens is 262 g/mol. The van der Waals surface area contributed by atoms with E-state index in [0.717, 1.165) is 21.6 Å². The molecule has 0 aliphatic heterocycles. The van der Waals surface area contributed by atoms with Gasteiger partial charge in [-0.2, -0.15) is 0 Å². The van der Waals surface area contributed by atoms with Gasteiger partial charge in [0.05, 0.1) is 10.9 Å². The number of nitrogens with zero attached hydrogens (tertiary/aromatic N) is 1. The summed E-state index contributed by atoms with van der Waals surface area (Å²) < 4.78 is 0. The van der Waals surface area contributed by atoms with Gasteiger partial charge in [0, 0.05) is 10.3 Å². The molecule has 3 rings (SSSR count). The summed E-state index contributed by atoms with van der Waals surface area (Å²) >= 11 is 1.71. The molecule has 0 fully saturated rings. The Morgan fingerprint density at radius 2 is 1.95 bits per heavy atom. The smallest absolute Gasteiger partial charge is 0.267 e. The van der Waals surface area contributed by atoms with Gasteiger partial charge in [-0.15, -0.1) is 11.8 Å². The van der Waals surface area contributed by atoms with Crippen LogP contribution in [0, 0.1) is 0 Å². The van der Waals surface area contributed by atoms with Crippen molar-refractivity contribution in [2.75, 3.05) is 5.75 Å². The summed E-state index contributed by atoms with van der Waals surface area (Å²) in [4.78, 5) is 28.8. The van der Waals surface area contributed by atoms with Gasteiger partial charge in [0.2, 0.25) is 0 Å². The maximum atomic E-state index is 11.7. The first-order valence-electron chi connectivity index (χ1n) is 5.87. The van der Waals surface area contributed by atoms with Gasteiger partial charge in [0.1, 0.15) is 5.52 Å². The van der Waals surface area contributed by atoms with E-state index in [1.165, 1.54) is 0 Å². The molecule has 0 aliphatic rings. The Morgan fingerprint density at radius 3 is 2.74 bits per heavy atom. The molecular formula is C13H11N3O2S. The largest absolute Gasteiger partial charge is 0.289 e. The van der Waals surface area contributed by atoms with E-state index >= 15 is 0 Å². The van der Waals surface area contributed by atoms with Crippen LogP contribution in [0.2, 0.25) is 0 Å². The molecule has 19 heavy (non-hydrogen) atoms. The van der Waals surface area contributed by atoms with Gasteiger partial charge >= 0.3 is 0 Å². The maximum absolute atomic E-state index is 11.7. The quantitative estimate of drug-likeness (QED) is 0.552. The van der Waals surface area contributed by atoms with E-state index in [1.807, 2.05) is 18.2 Å². The monoisotopic (exact) mass is 273 g/mol. The third kappa shape index (κ3) is 2.04. The van der Waals surface area contributed by atoms with Gasteiger partial charge in [-0.1, -0.05) is 13.0 Å². The molecule has 5 nitrogen and oxygen atoms in total. The summed E-state index contributed by atoms with van der Waals surface area (Å²) in [7, 11) is 0. The molecule has 0 atom stereocenters. The minimum absolute atomic E-state index is 0.176. The van der Waals surface area contributed by atoms with E-state index in [9.17, 15) is 9.59 Å². The summed E-state index contributed by atoms with van der Waals surface area (Å²) in [5, 5.41) is 5.75. The van der Waals surface area contributed by atoms with Crippen LogP contribution in [0.5, 0.6) is 0 Å². The number of aromatic amines is 2. The molecule has 2 aromatic heterocycles. The molecule has 0 radical (unpaired) electrons. The van der Waals surface area contributed by atoms with Gasteiger partial charge in [0.25, 0.3) is 11.1 Å². The molecule has 3 aromatic rings. The van der Waals surface area contributed by atoms with Gasteiger partial charge in [-0.05, 0) is 24.0 Å². The zero-order valence-electron chi connectivity index (χ0n) is 10.2. The van der Waals surface area contributed by atoms with Gasteiger partial charge in [-0.3, -0.25) is 19.8 Å². The third-order valence-electron chi connectivity index (χ3n) is 2.85. The van der Waals surface area contributed by atoms with E-state index in [-0.39, 0.29) is 16.6 Å². The van der Waals surface area contributed by atoms with Gasteiger partial charge in [-0.25, -0.2) is 4.98 Å². The number of hydrogen-bond acceptors (Lipinski definition) is 4. The first-order valence-corrected chi connectivity index (χ1v) is 6.86. The SMILES string of the molecule is CCSc1ccc2cc3c(=O)[nH][nH]c(=O)c3nc2c1. The number of aromatic nitrogens is 3. The molecule has 1 aromatic carbocycles. The van der Waals surface area contributed by atoms with Crippen molar-refractivity contribution in [1.82, 2.24) is 15.2 Å². The van der Waals surface area contributed by atoms with Crippen molar-refractivity contribution in [1.29, 1.82) is 0 Å². The van der Waals surface area contributed by atoms with Crippen molar-refractivity contribution < 1.29 is 0 Å². The Balaban J connectivity index is 2.39. The van der Waals surface area contributed by atoms with Crippen molar-refractivity contribution in [3.8, 4) is 0 Å². The predicted molar refractivity (Wildman–Crippen MR) is 76.9 cm³/mol. The lowest BCUT2D eigenvalue weighted by Crippen LogP contribution is -2.19. The van der Waals surface area contributed by atoms with Crippen molar-refractivity contribution in [3.05, 3.63) is 45.0 Å². The summed E-state index contributed by atoms with van der Waals surface area (Å²) in [5.41, 5.74) is 0.179. The van der Waals surface area contributed by atoms with E-state index in [2.05, 4.69) is 22.1 Å². The van der Waals surface area contributed by atoms with Crippen LogP contribution in [0.1, 0.15) is 6.92 Å². The predicted octanol–water partition coefficient (Wildman–Crippen LogP) is 1.88. The Morgan fingerprint density at radius 1 is 1.16 bits per heavy atom. The molecule has 0 spiro atoms. The van der Waals surface area contributed by atoms with Crippen molar-refractivity contribution in [2.24, 2.45) is 0 Å². The van der Waals surface area contributed by atoms with Gasteiger partial charge < -0.3 is 0 Å². The molecule has 0 saturated heterocycles. The van der Waals surface area contributed by atoms with Crippen molar-refractivity contribution >= 4 is 33.6 Å². The van der Waals surface area contributed by atoms with E-state index in [4.69, 9.17) is 0 Å². The van der Waals surface area contributed by atoms with E-state index < -0.39 is 0 Å². The molecule has 2 N–H and O–H groups in total. The highest BCUT2D eigenvalue weighted by molar-refractivity contribution is 7.99. The topological polar surface area (TPSA) is 78.6 Å². The molecule has 0 saturated carbocycles. The second-order valence-electron chi connectivity index (χ2n) is 4.08. The van der Waals surface area contributed by atoms with Crippen LogP contribution in [-0.2, 0) is 0 Å². The fourth-order valence-corrected chi connectivity index (χ4v) is 2.68. The molecule has 96 valence electrons. The average Bonchev–Trinajstić information content (AvgIpc) is 2.42. The third-order valence-corrected chi connectivity index (χ3v) is 3.73. The van der Waals surface area contributed by atoms with Crippen molar-refractivity contribution in [2.45, 2.75) is 11.8 Å². The Bertz CT molecular complexity index is 882. The minimum Gasteiger partial charge on any atom is -0.267 e. The Kier molecular flexibility index (Phi) is 2.87. The van der Waals surface area contributed by atoms with E-state index in [1.54, 1.807) is 17.8 Å². The number of H-pyrrole nitrogens is 2. The molecule has 2 heterocycles. The second kappa shape index (κ2) is 4.55. The summed E-state index contributed by atoms with van der Waals surface area (Å²) in [6.07, 6.45) is 0. The maximum Gasteiger partial charge on any atom is 0.289 e. The fraction of sp³-hybridized carbons (Fsp3) is 0.154. The van der Waals surface area contributed by atoms with Crippen LogP contribution >= 0.6 is 11.8 Å². The lowest BCUT2D eigenvalue weighted by molar-refractivity contribution is 0.971. The second-order valence-corrected chi connectivity index (χ2v) is 5.42. The lowest BCUT2D eigenvalue weighted by atomic mass is 10.1. The normalized spacial score (nSPS) is 11.2. The van der Waals surface area contributed by atoms with Gasteiger partial charge in [0.15, 0.2) is 0 Å². The molecule has 0 unspecified atom stereocenters. The Labute approximate surface area is 112 Å². The summed E-state index contributed by atoms with van der Waals surface area (Å²) in [6.45, 7) is 2.08. The van der Waals surface area contributed by atoms with Crippen LogP contribution in [0.3, 0.4) is 0 Å². The Hall–Kier alpha value is -2.08. The minimum atomic E-state index is -0.384. The number of hydrogen-bond donors (Lipinski definition) is 2. The first-order chi connectivity index (χ1) is 9.19. The fourth-order valence-electron chi connectivity index (χ4n) is 1.99. The van der Waals surface area contributed by atoms with Crippen LogP contribution in [0.15, 0.2) is 38.8 Å². The zero-order valence-corrected chi connectivity index (χ0v) is 11.0. The van der Waals surface area contributed by atoms with Crippen LogP contribution in [0.25, 0.3) is 21.8 Å². The number of pyridine rings is 1. The van der Waals surface area contributed by atoms with Crippen LogP contribution in [0.4, 0.5) is 0 Å². The van der Waals surface area contributed by atoms with E-state index in [0.29, 0.717) is 5.39 Å². The number of rotatable bonds is 2. The molecule has 0 amide bonds. The average molecular weight is 273 g/mol. The lowest BCUT2D eigenvalue weighted by Gasteiger charge is -2.03. The number of fused-ring (bicyclic) bond motifs is 2. The first kappa shape index (κ1) is 12.0. The highest BCUT2D eigenvalue weighted by Gasteiger charge is 2.07. The zero-order chi connectivity index (χ0) is 13.4. The molecule has 0 bridgehead atoms. The number of benzene rings is 1. The highest BCUT2D eigenvalue weighted by atomic mass is 32.2. The highest BCUT2D eigenvalue weighted by Crippen LogP contribution is 2.23. The van der Waals surface area contributed by atoms with Crippen LogP contribution < -0.4 is 11.1 Å².